The van der Waals surface area contributed by atoms with Gasteiger partial charge in [-0.05, 0) is 30.5 Å². The number of pyridine rings is 1. The highest BCUT2D eigenvalue weighted by Crippen LogP contribution is 2.24. The number of nitrogens with one attached hydrogen (secondary N) is 2. The van der Waals surface area contributed by atoms with Gasteiger partial charge in [-0.15, -0.1) is 0 Å². The molecule has 3 heterocycles. The van der Waals surface area contributed by atoms with Gasteiger partial charge >= 0.3 is 0 Å². The average molecular weight is 327 g/mol. The third-order valence-corrected chi connectivity index (χ3v) is 4.36. The van der Waals surface area contributed by atoms with E-state index in [4.69, 9.17) is 0 Å². The molecule has 2 aromatic rings. The smallest absolute Gasteiger partial charge is 0.253 e. The van der Waals surface area contributed by atoms with Gasteiger partial charge in [0.15, 0.2) is 0 Å². The molecule has 2 N–H and O–H groups in total. The van der Waals surface area contributed by atoms with Crippen LogP contribution in [0.4, 0.5) is 0 Å². The van der Waals surface area contributed by atoms with Gasteiger partial charge in [-0.25, -0.2) is 0 Å². The largest absolute Gasteiger partial charge is 0.347 e. The van der Waals surface area contributed by atoms with E-state index in [1.165, 1.54) is 0 Å². The van der Waals surface area contributed by atoms with E-state index in [-0.39, 0.29) is 23.9 Å². The summed E-state index contributed by atoms with van der Waals surface area (Å²) in [5.41, 5.74) is 2.42. The lowest BCUT2D eigenvalue weighted by molar-refractivity contribution is -0.123. The summed E-state index contributed by atoms with van der Waals surface area (Å²) in [6, 6.07) is 3.23. The summed E-state index contributed by atoms with van der Waals surface area (Å²) in [4.78, 5) is 28.5. The fourth-order valence-electron chi connectivity index (χ4n) is 2.98. The standard InChI is InChI=1S/C17H21N5O2/c1-3-11-8-12(10-18-9-11)17(24)20-13-4-5-15(23)21-16(13)14-6-7-19-22(14)2/h6-10,13,16H,3-5H2,1-2H3,(H,20,24)(H,21,23)/t13-,16-/m1/s1. The van der Waals surface area contributed by atoms with Crippen molar-refractivity contribution >= 4 is 11.8 Å². The number of carbonyl (C=O) groups excluding carboxylic acids is 2. The van der Waals surface area contributed by atoms with Gasteiger partial charge in [-0.2, -0.15) is 5.10 Å². The highest BCUT2D eigenvalue weighted by molar-refractivity contribution is 5.94. The number of carbonyl (C=O) groups is 2. The van der Waals surface area contributed by atoms with Crippen molar-refractivity contribution in [1.29, 1.82) is 0 Å². The number of nitrogens with zero attached hydrogens (tertiary/aromatic N) is 3. The molecule has 0 saturated carbocycles. The minimum atomic E-state index is -0.287. The molecule has 7 heteroatoms. The molecule has 1 aliphatic rings. The Kier molecular flexibility index (Phi) is 4.59. The number of hydrogen-bond acceptors (Lipinski definition) is 4. The summed E-state index contributed by atoms with van der Waals surface area (Å²) in [5, 5.41) is 10.2. The lowest BCUT2D eigenvalue weighted by Gasteiger charge is -2.32. The summed E-state index contributed by atoms with van der Waals surface area (Å²) in [6.07, 6.45) is 6.82. The van der Waals surface area contributed by atoms with Crippen LogP contribution in [0.3, 0.4) is 0 Å². The minimum absolute atomic E-state index is 0.0126. The van der Waals surface area contributed by atoms with Crippen LogP contribution in [0.25, 0.3) is 0 Å². The van der Waals surface area contributed by atoms with Crippen LogP contribution in [0.15, 0.2) is 30.7 Å². The lowest BCUT2D eigenvalue weighted by atomic mass is 9.95. The van der Waals surface area contributed by atoms with Crippen molar-refractivity contribution in [3.63, 3.8) is 0 Å². The molecule has 0 unspecified atom stereocenters. The molecular weight excluding hydrogens is 306 g/mol. The van der Waals surface area contributed by atoms with E-state index in [1.54, 1.807) is 23.3 Å². The van der Waals surface area contributed by atoms with Crippen molar-refractivity contribution < 1.29 is 9.59 Å². The van der Waals surface area contributed by atoms with Gasteiger partial charge in [0.25, 0.3) is 5.91 Å². The van der Waals surface area contributed by atoms with Crippen LogP contribution in [0.5, 0.6) is 0 Å². The maximum absolute atomic E-state index is 12.6. The molecule has 0 aromatic carbocycles. The van der Waals surface area contributed by atoms with Crippen LogP contribution >= 0.6 is 0 Å². The Morgan fingerprint density at radius 3 is 3.00 bits per heavy atom. The third kappa shape index (κ3) is 3.29. The SMILES string of the molecule is CCc1cncc(C(=O)N[C@@H]2CCC(=O)N[C@H]2c2ccnn2C)c1. The van der Waals surface area contributed by atoms with E-state index >= 15 is 0 Å². The van der Waals surface area contributed by atoms with Crippen LogP contribution in [-0.4, -0.2) is 32.6 Å². The molecule has 1 saturated heterocycles. The topological polar surface area (TPSA) is 88.9 Å². The quantitative estimate of drug-likeness (QED) is 0.881. The first-order valence-electron chi connectivity index (χ1n) is 8.10. The third-order valence-electron chi connectivity index (χ3n) is 4.36. The molecule has 7 nitrogen and oxygen atoms in total. The van der Waals surface area contributed by atoms with E-state index in [9.17, 15) is 9.59 Å². The number of piperidine rings is 1. The highest BCUT2D eigenvalue weighted by Gasteiger charge is 2.32. The Hall–Kier alpha value is -2.70. The second-order valence-corrected chi connectivity index (χ2v) is 5.98. The van der Waals surface area contributed by atoms with Gasteiger partial charge < -0.3 is 10.6 Å². The molecule has 3 rings (SSSR count). The number of aryl methyl sites for hydroxylation is 2. The van der Waals surface area contributed by atoms with E-state index in [1.807, 2.05) is 26.1 Å². The Bertz CT molecular complexity index is 755. The summed E-state index contributed by atoms with van der Waals surface area (Å²) in [6.45, 7) is 2.02. The van der Waals surface area contributed by atoms with Gasteiger partial charge in [0.1, 0.15) is 0 Å². The first kappa shape index (κ1) is 16.2. The van der Waals surface area contributed by atoms with Gasteiger partial charge in [-0.3, -0.25) is 19.3 Å². The molecule has 24 heavy (non-hydrogen) atoms. The first-order valence-corrected chi connectivity index (χ1v) is 8.10. The van der Waals surface area contributed by atoms with E-state index in [0.29, 0.717) is 18.4 Å². The molecule has 1 fully saturated rings. The average Bonchev–Trinajstić information content (AvgIpc) is 3.02. The minimum Gasteiger partial charge on any atom is -0.347 e. The molecule has 126 valence electrons. The molecule has 2 aromatic heterocycles. The van der Waals surface area contributed by atoms with Gasteiger partial charge in [0.2, 0.25) is 5.91 Å². The van der Waals surface area contributed by atoms with Crippen molar-refractivity contribution in [1.82, 2.24) is 25.4 Å². The monoisotopic (exact) mass is 327 g/mol. The second-order valence-electron chi connectivity index (χ2n) is 5.98. The molecule has 2 atom stereocenters. The van der Waals surface area contributed by atoms with Gasteiger partial charge in [-0.1, -0.05) is 6.92 Å². The van der Waals surface area contributed by atoms with E-state index in [2.05, 4.69) is 20.7 Å². The molecule has 0 aliphatic carbocycles. The number of hydrogen-bond donors (Lipinski definition) is 2. The molecular formula is C17H21N5O2. The number of rotatable bonds is 4. The summed E-state index contributed by atoms with van der Waals surface area (Å²) in [7, 11) is 1.82. The zero-order valence-corrected chi connectivity index (χ0v) is 13.8. The number of aromatic nitrogens is 3. The first-order chi connectivity index (χ1) is 11.6. The Balaban J connectivity index is 1.79. The van der Waals surface area contributed by atoms with Gasteiger partial charge in [0, 0.05) is 32.1 Å². The van der Waals surface area contributed by atoms with Crippen molar-refractivity contribution in [3.8, 4) is 0 Å². The molecule has 0 bridgehead atoms. The normalized spacial score (nSPS) is 20.5. The Morgan fingerprint density at radius 1 is 1.46 bits per heavy atom. The fraction of sp³-hybridized carbons (Fsp3) is 0.412. The molecule has 0 radical (unpaired) electrons. The predicted molar refractivity (Wildman–Crippen MR) is 88.2 cm³/mol. The fourth-order valence-corrected chi connectivity index (χ4v) is 2.98. The molecule has 0 spiro atoms. The molecule has 1 aliphatic heterocycles. The Labute approximate surface area is 140 Å². The van der Waals surface area contributed by atoms with Crippen molar-refractivity contribution in [2.45, 2.75) is 38.3 Å². The van der Waals surface area contributed by atoms with Crippen molar-refractivity contribution in [2.24, 2.45) is 7.05 Å². The maximum Gasteiger partial charge on any atom is 0.253 e. The second kappa shape index (κ2) is 6.82. The highest BCUT2D eigenvalue weighted by atomic mass is 16.2. The number of amides is 2. The predicted octanol–water partition coefficient (Wildman–Crippen LogP) is 1.13. The van der Waals surface area contributed by atoms with E-state index in [0.717, 1.165) is 17.7 Å². The van der Waals surface area contributed by atoms with Crippen molar-refractivity contribution in [2.75, 3.05) is 0 Å². The maximum atomic E-state index is 12.6. The lowest BCUT2D eigenvalue weighted by Crippen LogP contribution is -2.50. The molecule has 2 amide bonds. The van der Waals surface area contributed by atoms with Crippen LogP contribution < -0.4 is 10.6 Å². The Morgan fingerprint density at radius 2 is 2.29 bits per heavy atom. The summed E-state index contributed by atoms with van der Waals surface area (Å²) >= 11 is 0. The summed E-state index contributed by atoms with van der Waals surface area (Å²) < 4.78 is 1.72. The summed E-state index contributed by atoms with van der Waals surface area (Å²) in [5.74, 6) is -0.188. The zero-order chi connectivity index (χ0) is 17.1. The van der Waals surface area contributed by atoms with Crippen LogP contribution in [0, 0.1) is 0 Å². The van der Waals surface area contributed by atoms with Crippen LogP contribution in [0.2, 0.25) is 0 Å². The van der Waals surface area contributed by atoms with Crippen LogP contribution in [0.1, 0.15) is 47.4 Å². The van der Waals surface area contributed by atoms with E-state index < -0.39 is 0 Å². The van der Waals surface area contributed by atoms with Crippen LogP contribution in [-0.2, 0) is 18.3 Å². The zero-order valence-electron chi connectivity index (χ0n) is 13.8. The van der Waals surface area contributed by atoms with Gasteiger partial charge in [0.05, 0.1) is 23.3 Å². The van der Waals surface area contributed by atoms with Crippen molar-refractivity contribution in [3.05, 3.63) is 47.5 Å².